The second-order valence-electron chi connectivity index (χ2n) is 5.15. The summed E-state index contributed by atoms with van der Waals surface area (Å²) in [6, 6.07) is 6.59. The van der Waals surface area contributed by atoms with Crippen molar-refractivity contribution in [3.63, 3.8) is 0 Å². The topological polar surface area (TPSA) is 49.4 Å². The average Bonchev–Trinajstić information content (AvgIpc) is 2.39. The van der Waals surface area contributed by atoms with E-state index in [-0.39, 0.29) is 15.5 Å². The fourth-order valence-electron chi connectivity index (χ4n) is 2.26. The fourth-order valence-corrected chi connectivity index (χ4v) is 4.20. The van der Waals surface area contributed by atoms with Gasteiger partial charge in [0.1, 0.15) is 4.90 Å². The Balaban J connectivity index is 2.22. The molecule has 1 heterocycles. The highest BCUT2D eigenvalue weighted by Crippen LogP contribution is 2.29. The van der Waals surface area contributed by atoms with Gasteiger partial charge in [-0.25, -0.2) is 8.42 Å². The number of nitrogens with zero attached hydrogens (tertiary/aromatic N) is 1. The molecular weight excluding hydrogens is 284 g/mol. The summed E-state index contributed by atoms with van der Waals surface area (Å²) >= 11 is 5.99. The van der Waals surface area contributed by atoms with E-state index in [0.29, 0.717) is 13.1 Å². The zero-order chi connectivity index (χ0) is 14.1. The lowest BCUT2D eigenvalue weighted by atomic mass is 9.91. The third-order valence-electron chi connectivity index (χ3n) is 3.88. The van der Waals surface area contributed by atoms with Crippen molar-refractivity contribution >= 4 is 21.6 Å². The van der Waals surface area contributed by atoms with Gasteiger partial charge in [0.05, 0.1) is 5.02 Å². The highest BCUT2D eigenvalue weighted by Gasteiger charge is 2.35. The van der Waals surface area contributed by atoms with Crippen LogP contribution >= 0.6 is 11.6 Å². The zero-order valence-electron chi connectivity index (χ0n) is 11.2. The van der Waals surface area contributed by atoms with Gasteiger partial charge in [-0.2, -0.15) is 4.31 Å². The lowest BCUT2D eigenvalue weighted by Crippen LogP contribution is -2.51. The van der Waals surface area contributed by atoms with Crippen LogP contribution in [0.2, 0.25) is 5.02 Å². The van der Waals surface area contributed by atoms with Crippen LogP contribution in [0.25, 0.3) is 0 Å². The Hall–Kier alpha value is -0.620. The minimum Gasteiger partial charge on any atom is -0.314 e. The Morgan fingerprint density at radius 2 is 1.84 bits per heavy atom. The van der Waals surface area contributed by atoms with Gasteiger partial charge in [-0.3, -0.25) is 0 Å². The summed E-state index contributed by atoms with van der Waals surface area (Å²) < 4.78 is 26.6. The predicted molar refractivity (Wildman–Crippen MR) is 76.9 cm³/mol. The van der Waals surface area contributed by atoms with Crippen LogP contribution in [0.1, 0.15) is 19.8 Å². The maximum Gasteiger partial charge on any atom is 0.244 e. The Morgan fingerprint density at radius 1 is 1.26 bits per heavy atom. The van der Waals surface area contributed by atoms with Crippen LogP contribution in [0, 0.1) is 0 Å². The van der Waals surface area contributed by atoms with Crippen molar-refractivity contribution in [2.75, 3.05) is 20.1 Å². The van der Waals surface area contributed by atoms with E-state index < -0.39 is 10.0 Å². The van der Waals surface area contributed by atoms with E-state index in [1.54, 1.807) is 24.3 Å². The molecule has 0 atom stereocenters. The molecule has 6 heteroatoms. The lowest BCUT2D eigenvalue weighted by molar-refractivity contribution is 0.219. The van der Waals surface area contributed by atoms with Crippen molar-refractivity contribution in [3.05, 3.63) is 29.3 Å². The number of hydrogen-bond acceptors (Lipinski definition) is 3. The summed E-state index contributed by atoms with van der Waals surface area (Å²) in [6.07, 6.45) is 1.60. The molecule has 0 unspecified atom stereocenters. The molecule has 1 saturated heterocycles. The van der Waals surface area contributed by atoms with Gasteiger partial charge in [-0.05, 0) is 38.9 Å². The second kappa shape index (κ2) is 5.40. The normalized spacial score (nSPS) is 20.4. The molecule has 2 rings (SSSR count). The minimum absolute atomic E-state index is 0.0203. The molecule has 1 fully saturated rings. The van der Waals surface area contributed by atoms with Crippen molar-refractivity contribution in [1.82, 2.24) is 9.62 Å². The van der Waals surface area contributed by atoms with Crippen molar-refractivity contribution in [2.24, 2.45) is 0 Å². The molecular formula is C13H19ClN2O2S. The van der Waals surface area contributed by atoms with E-state index in [0.717, 1.165) is 12.8 Å². The summed E-state index contributed by atoms with van der Waals surface area (Å²) in [4.78, 5) is 0.199. The smallest absolute Gasteiger partial charge is 0.244 e. The molecule has 0 radical (unpaired) electrons. The van der Waals surface area contributed by atoms with Gasteiger partial charge in [0.2, 0.25) is 10.0 Å². The van der Waals surface area contributed by atoms with E-state index in [1.807, 2.05) is 7.05 Å². The molecule has 0 amide bonds. The predicted octanol–water partition coefficient (Wildman–Crippen LogP) is 2.10. The van der Waals surface area contributed by atoms with Crippen LogP contribution in [0.5, 0.6) is 0 Å². The first kappa shape index (κ1) is 14.8. The molecule has 0 bridgehead atoms. The molecule has 0 spiro atoms. The Kier molecular flexibility index (Phi) is 4.20. The SMILES string of the molecule is CNC1(C)CCN(S(=O)(=O)c2ccccc2Cl)CC1. The van der Waals surface area contributed by atoms with Crippen molar-refractivity contribution < 1.29 is 8.42 Å². The summed E-state index contributed by atoms with van der Waals surface area (Å²) in [6.45, 7) is 3.16. The van der Waals surface area contributed by atoms with E-state index in [2.05, 4.69) is 12.2 Å². The van der Waals surface area contributed by atoms with Gasteiger partial charge in [-0.1, -0.05) is 23.7 Å². The molecule has 0 aliphatic carbocycles. The van der Waals surface area contributed by atoms with Crippen molar-refractivity contribution in [2.45, 2.75) is 30.2 Å². The van der Waals surface area contributed by atoms with E-state index in [9.17, 15) is 8.42 Å². The number of piperidine rings is 1. The van der Waals surface area contributed by atoms with E-state index in [1.165, 1.54) is 4.31 Å². The molecule has 1 aromatic rings. The van der Waals surface area contributed by atoms with Gasteiger partial charge < -0.3 is 5.32 Å². The van der Waals surface area contributed by atoms with Crippen molar-refractivity contribution in [1.29, 1.82) is 0 Å². The highest BCUT2D eigenvalue weighted by molar-refractivity contribution is 7.89. The molecule has 106 valence electrons. The number of sulfonamides is 1. The summed E-state index contributed by atoms with van der Waals surface area (Å²) in [5.74, 6) is 0. The number of halogens is 1. The second-order valence-corrected chi connectivity index (χ2v) is 7.46. The monoisotopic (exact) mass is 302 g/mol. The van der Waals surface area contributed by atoms with Crippen LogP contribution in [0.4, 0.5) is 0 Å². The standard InChI is InChI=1S/C13H19ClN2O2S/c1-13(15-2)7-9-16(10-8-13)19(17,18)12-6-4-3-5-11(12)14/h3-6,15H,7-10H2,1-2H3. The van der Waals surface area contributed by atoms with Gasteiger partial charge in [0.15, 0.2) is 0 Å². The van der Waals surface area contributed by atoms with Gasteiger partial charge in [0.25, 0.3) is 0 Å². The minimum atomic E-state index is -3.48. The number of nitrogens with one attached hydrogen (secondary N) is 1. The summed E-state index contributed by atoms with van der Waals surface area (Å²) in [5, 5.41) is 3.54. The van der Waals surface area contributed by atoms with Crippen LogP contribution in [0.15, 0.2) is 29.2 Å². The van der Waals surface area contributed by atoms with Gasteiger partial charge in [0, 0.05) is 18.6 Å². The van der Waals surface area contributed by atoms with E-state index >= 15 is 0 Å². The van der Waals surface area contributed by atoms with Gasteiger partial charge >= 0.3 is 0 Å². The number of hydrogen-bond donors (Lipinski definition) is 1. The van der Waals surface area contributed by atoms with Crippen LogP contribution < -0.4 is 5.32 Å². The average molecular weight is 303 g/mol. The largest absolute Gasteiger partial charge is 0.314 e. The number of benzene rings is 1. The van der Waals surface area contributed by atoms with Gasteiger partial charge in [-0.15, -0.1) is 0 Å². The Labute approximate surface area is 119 Å². The number of rotatable bonds is 3. The molecule has 4 nitrogen and oxygen atoms in total. The fraction of sp³-hybridized carbons (Fsp3) is 0.538. The molecule has 1 N–H and O–H groups in total. The molecule has 1 aliphatic heterocycles. The maximum absolute atomic E-state index is 12.5. The van der Waals surface area contributed by atoms with Crippen LogP contribution in [-0.4, -0.2) is 38.4 Å². The first-order valence-corrected chi connectivity index (χ1v) is 8.14. The third-order valence-corrected chi connectivity index (χ3v) is 6.28. The molecule has 19 heavy (non-hydrogen) atoms. The van der Waals surface area contributed by atoms with Crippen LogP contribution in [-0.2, 0) is 10.0 Å². The molecule has 1 aliphatic rings. The Morgan fingerprint density at radius 3 is 2.37 bits per heavy atom. The van der Waals surface area contributed by atoms with E-state index in [4.69, 9.17) is 11.6 Å². The molecule has 1 aromatic carbocycles. The summed E-state index contributed by atoms with van der Waals surface area (Å²) in [7, 11) is -1.56. The van der Waals surface area contributed by atoms with Crippen LogP contribution in [0.3, 0.4) is 0 Å². The third kappa shape index (κ3) is 2.94. The zero-order valence-corrected chi connectivity index (χ0v) is 12.8. The maximum atomic E-state index is 12.5. The lowest BCUT2D eigenvalue weighted by Gasteiger charge is -2.38. The Bertz CT molecular complexity index is 552. The molecule has 0 saturated carbocycles. The molecule has 0 aromatic heterocycles. The summed E-state index contributed by atoms with van der Waals surface area (Å²) in [5.41, 5.74) is 0.0203. The highest BCUT2D eigenvalue weighted by atomic mass is 35.5. The van der Waals surface area contributed by atoms with Crippen molar-refractivity contribution in [3.8, 4) is 0 Å². The first-order chi connectivity index (χ1) is 8.89. The quantitative estimate of drug-likeness (QED) is 0.930. The first-order valence-electron chi connectivity index (χ1n) is 6.33.